The second kappa shape index (κ2) is 11.4. The van der Waals surface area contributed by atoms with Gasteiger partial charge in [-0.1, -0.05) is 54.1 Å². The lowest BCUT2D eigenvalue weighted by Crippen LogP contribution is -2.46. The van der Waals surface area contributed by atoms with E-state index in [-0.39, 0.29) is 23.1 Å². The first kappa shape index (κ1) is 24.8. The van der Waals surface area contributed by atoms with Crippen LogP contribution in [0.1, 0.15) is 17.5 Å². The number of rotatable bonds is 10. The van der Waals surface area contributed by atoms with Gasteiger partial charge in [-0.2, -0.15) is 16.5 Å². The summed E-state index contributed by atoms with van der Waals surface area (Å²) < 4.78 is 28.1. The lowest BCUT2D eigenvalue weighted by Gasteiger charge is -2.18. The molecule has 0 fully saturated rings. The van der Waals surface area contributed by atoms with Gasteiger partial charge in [0.2, 0.25) is 15.9 Å². The molecule has 0 heterocycles. The van der Waals surface area contributed by atoms with Crippen LogP contribution in [0.2, 0.25) is 0 Å². The molecule has 3 aromatic rings. The fourth-order valence-corrected chi connectivity index (χ4v) is 4.93. The van der Waals surface area contributed by atoms with Crippen molar-refractivity contribution in [3.8, 4) is 16.9 Å². The Labute approximate surface area is 199 Å². The number of phenolic OH excluding ortho intramolecular Hbond substituents is 1. The van der Waals surface area contributed by atoms with Crippen molar-refractivity contribution in [3.05, 3.63) is 83.9 Å². The van der Waals surface area contributed by atoms with E-state index in [0.717, 1.165) is 22.3 Å². The molecule has 0 aliphatic carbocycles. The SMILES string of the molecule is CSCC[C@@H](NS(=O)(=O)c1ccc(C)cc1)C(=O)NCc1ccc(-c2ccc(O)cc2)cc1. The molecule has 0 aliphatic rings. The molecule has 0 saturated carbocycles. The van der Waals surface area contributed by atoms with Gasteiger partial charge in [-0.3, -0.25) is 4.79 Å². The Hall–Kier alpha value is -2.81. The Balaban J connectivity index is 1.64. The molecule has 0 bridgehead atoms. The summed E-state index contributed by atoms with van der Waals surface area (Å²) in [6.07, 6.45) is 2.30. The fraction of sp³-hybridized carbons (Fsp3) is 0.240. The van der Waals surface area contributed by atoms with E-state index in [1.807, 2.05) is 49.6 Å². The first-order valence-corrected chi connectivity index (χ1v) is 13.4. The second-order valence-corrected chi connectivity index (χ2v) is 10.4. The summed E-state index contributed by atoms with van der Waals surface area (Å²) in [5.74, 6) is 0.505. The maximum Gasteiger partial charge on any atom is 0.241 e. The van der Waals surface area contributed by atoms with Crippen LogP contribution in [-0.2, 0) is 21.4 Å². The van der Waals surface area contributed by atoms with Gasteiger partial charge in [0.25, 0.3) is 0 Å². The van der Waals surface area contributed by atoms with Crippen LogP contribution in [0, 0.1) is 6.92 Å². The lowest BCUT2D eigenvalue weighted by atomic mass is 10.0. The van der Waals surface area contributed by atoms with Crippen LogP contribution in [0.15, 0.2) is 77.7 Å². The van der Waals surface area contributed by atoms with Crippen molar-refractivity contribution < 1.29 is 18.3 Å². The topological polar surface area (TPSA) is 95.5 Å². The van der Waals surface area contributed by atoms with Crippen LogP contribution in [0.25, 0.3) is 11.1 Å². The molecule has 3 N–H and O–H groups in total. The summed E-state index contributed by atoms with van der Waals surface area (Å²) in [5, 5.41) is 12.3. The maximum absolute atomic E-state index is 12.8. The third-order valence-electron chi connectivity index (χ3n) is 5.18. The lowest BCUT2D eigenvalue weighted by molar-refractivity contribution is -0.122. The highest BCUT2D eigenvalue weighted by atomic mass is 32.2. The van der Waals surface area contributed by atoms with Crippen molar-refractivity contribution in [2.75, 3.05) is 12.0 Å². The quantitative estimate of drug-likeness (QED) is 0.403. The molecule has 0 unspecified atom stereocenters. The van der Waals surface area contributed by atoms with E-state index in [4.69, 9.17) is 0 Å². The van der Waals surface area contributed by atoms with E-state index in [1.165, 1.54) is 12.1 Å². The van der Waals surface area contributed by atoms with Gasteiger partial charge in [0.1, 0.15) is 11.8 Å². The summed E-state index contributed by atoms with van der Waals surface area (Å²) in [5.41, 5.74) is 3.83. The average Bonchev–Trinajstić information content (AvgIpc) is 2.81. The third kappa shape index (κ3) is 7.08. The number of amides is 1. The van der Waals surface area contributed by atoms with Crippen molar-refractivity contribution in [3.63, 3.8) is 0 Å². The molecule has 1 amide bonds. The summed E-state index contributed by atoms with van der Waals surface area (Å²) in [6, 6.07) is 20.3. The predicted octanol–water partition coefficient (Wildman–Crippen LogP) is 4.08. The molecule has 33 heavy (non-hydrogen) atoms. The van der Waals surface area contributed by atoms with Crippen LogP contribution >= 0.6 is 11.8 Å². The minimum atomic E-state index is -3.81. The van der Waals surface area contributed by atoms with Gasteiger partial charge in [0, 0.05) is 6.54 Å². The largest absolute Gasteiger partial charge is 0.508 e. The molecule has 0 aromatic heterocycles. The zero-order valence-corrected chi connectivity index (χ0v) is 20.2. The molecule has 0 spiro atoms. The number of hydrogen-bond acceptors (Lipinski definition) is 5. The van der Waals surface area contributed by atoms with Crippen molar-refractivity contribution in [2.45, 2.75) is 30.8 Å². The highest BCUT2D eigenvalue weighted by molar-refractivity contribution is 7.98. The third-order valence-corrected chi connectivity index (χ3v) is 7.31. The standard InChI is InChI=1S/C25H28N2O4S2/c1-18-3-13-23(14-4-18)33(30,31)27-24(15-16-32-2)25(29)26-17-19-5-7-20(8-6-19)21-9-11-22(28)12-10-21/h3-14,24,27-28H,15-17H2,1-2H3,(H,26,29)/t24-/m1/s1. The van der Waals surface area contributed by atoms with E-state index in [0.29, 0.717) is 12.2 Å². The van der Waals surface area contributed by atoms with Gasteiger partial charge in [-0.05, 0) is 66.3 Å². The maximum atomic E-state index is 12.8. The van der Waals surface area contributed by atoms with Crippen LogP contribution in [0.4, 0.5) is 0 Å². The summed E-state index contributed by atoms with van der Waals surface area (Å²) in [4.78, 5) is 13.0. The number of aromatic hydroxyl groups is 1. The van der Waals surface area contributed by atoms with Crippen molar-refractivity contribution in [1.82, 2.24) is 10.0 Å². The number of aryl methyl sites for hydroxylation is 1. The summed E-state index contributed by atoms with van der Waals surface area (Å²) in [7, 11) is -3.81. The number of thioether (sulfide) groups is 1. The van der Waals surface area contributed by atoms with E-state index in [9.17, 15) is 18.3 Å². The Bertz CT molecular complexity index is 1160. The van der Waals surface area contributed by atoms with Crippen molar-refractivity contribution in [1.29, 1.82) is 0 Å². The number of carbonyl (C=O) groups excluding carboxylic acids is 1. The average molecular weight is 485 g/mol. The Kier molecular flexibility index (Phi) is 8.55. The van der Waals surface area contributed by atoms with Gasteiger partial charge in [-0.25, -0.2) is 8.42 Å². The zero-order chi connectivity index (χ0) is 23.8. The fourth-order valence-electron chi connectivity index (χ4n) is 3.23. The zero-order valence-electron chi connectivity index (χ0n) is 18.6. The number of nitrogens with one attached hydrogen (secondary N) is 2. The molecule has 8 heteroatoms. The van der Waals surface area contributed by atoms with Gasteiger partial charge in [-0.15, -0.1) is 0 Å². The van der Waals surface area contributed by atoms with Crippen LogP contribution < -0.4 is 10.0 Å². The van der Waals surface area contributed by atoms with E-state index >= 15 is 0 Å². The van der Waals surface area contributed by atoms with Crippen LogP contribution in [0.3, 0.4) is 0 Å². The van der Waals surface area contributed by atoms with Crippen molar-refractivity contribution in [2.24, 2.45) is 0 Å². The van der Waals surface area contributed by atoms with Crippen molar-refractivity contribution >= 4 is 27.7 Å². The minimum Gasteiger partial charge on any atom is -0.508 e. The molecule has 1 atom stereocenters. The number of benzene rings is 3. The first-order valence-electron chi connectivity index (χ1n) is 10.5. The van der Waals surface area contributed by atoms with E-state index in [1.54, 1.807) is 36.0 Å². The summed E-state index contributed by atoms with van der Waals surface area (Å²) in [6.45, 7) is 2.17. The normalized spacial score (nSPS) is 12.3. The van der Waals surface area contributed by atoms with Gasteiger partial charge in [0.05, 0.1) is 4.90 Å². The molecule has 0 radical (unpaired) electrons. The second-order valence-electron chi connectivity index (χ2n) is 7.73. The summed E-state index contributed by atoms with van der Waals surface area (Å²) >= 11 is 1.56. The number of hydrogen-bond donors (Lipinski definition) is 3. The smallest absolute Gasteiger partial charge is 0.241 e. The van der Waals surface area contributed by atoms with Crippen LogP contribution in [0.5, 0.6) is 5.75 Å². The van der Waals surface area contributed by atoms with Gasteiger partial charge >= 0.3 is 0 Å². The highest BCUT2D eigenvalue weighted by Gasteiger charge is 2.25. The molecule has 3 aromatic carbocycles. The minimum absolute atomic E-state index is 0.139. The van der Waals surface area contributed by atoms with Gasteiger partial charge in [0.15, 0.2) is 0 Å². The first-order chi connectivity index (χ1) is 15.8. The highest BCUT2D eigenvalue weighted by Crippen LogP contribution is 2.22. The molecular weight excluding hydrogens is 456 g/mol. The van der Waals surface area contributed by atoms with Crippen LogP contribution in [-0.4, -0.2) is 37.5 Å². The Morgan fingerprint density at radius 3 is 2.09 bits per heavy atom. The number of sulfonamides is 1. The number of phenols is 1. The van der Waals surface area contributed by atoms with E-state index < -0.39 is 16.1 Å². The molecule has 174 valence electrons. The molecule has 6 nitrogen and oxygen atoms in total. The molecule has 0 saturated heterocycles. The molecule has 3 rings (SSSR count). The van der Waals surface area contributed by atoms with Gasteiger partial charge < -0.3 is 10.4 Å². The van der Waals surface area contributed by atoms with E-state index in [2.05, 4.69) is 10.0 Å². The monoisotopic (exact) mass is 484 g/mol. The molecule has 0 aliphatic heterocycles. The molecular formula is C25H28N2O4S2. The number of carbonyl (C=O) groups is 1. The predicted molar refractivity (Wildman–Crippen MR) is 134 cm³/mol. The Morgan fingerprint density at radius 2 is 1.52 bits per heavy atom. The Morgan fingerprint density at radius 1 is 0.939 bits per heavy atom.